The van der Waals surface area contributed by atoms with Crippen molar-refractivity contribution in [2.45, 2.75) is 78.1 Å². The lowest BCUT2D eigenvalue weighted by molar-refractivity contribution is 0.154. The Morgan fingerprint density at radius 3 is 2.04 bits per heavy atom. The maximum Gasteiger partial charge on any atom is 0.0249 e. The molecule has 0 spiro atoms. The second-order valence-electron chi connectivity index (χ2n) is 8.54. The van der Waals surface area contributed by atoms with Gasteiger partial charge in [0.15, 0.2) is 0 Å². The molecule has 2 saturated carbocycles. The third kappa shape index (κ3) is 5.51. The van der Waals surface area contributed by atoms with Crippen LogP contribution in [0.2, 0.25) is 0 Å². The van der Waals surface area contributed by atoms with Gasteiger partial charge in [-0.15, -0.1) is 0 Å². The van der Waals surface area contributed by atoms with Crippen LogP contribution < -0.4 is 0 Å². The summed E-state index contributed by atoms with van der Waals surface area (Å²) in [4.78, 5) is 0. The van der Waals surface area contributed by atoms with Gasteiger partial charge in [0.05, 0.1) is 0 Å². The van der Waals surface area contributed by atoms with Gasteiger partial charge in [-0.2, -0.15) is 0 Å². The molecule has 140 valence electrons. The summed E-state index contributed by atoms with van der Waals surface area (Å²) in [6, 6.07) is 8.64. The maximum absolute atomic E-state index is 3.27. The molecule has 0 amide bonds. The minimum atomic E-state index is 0.759. The van der Waals surface area contributed by atoms with Crippen molar-refractivity contribution in [3.8, 4) is 11.8 Å². The summed E-state index contributed by atoms with van der Waals surface area (Å²) in [6.45, 7) is 4.56. The molecule has 0 aromatic heterocycles. The fourth-order valence-electron chi connectivity index (χ4n) is 5.01. The summed E-state index contributed by atoms with van der Waals surface area (Å²) in [5.41, 5.74) is 2.50. The molecule has 2 fully saturated rings. The lowest BCUT2D eigenvalue weighted by Gasteiger charge is -2.37. The van der Waals surface area contributed by atoms with Crippen LogP contribution >= 0.6 is 0 Å². The first-order chi connectivity index (χ1) is 12.8. The van der Waals surface area contributed by atoms with E-state index in [0.717, 1.165) is 35.7 Å². The summed E-state index contributed by atoms with van der Waals surface area (Å²) in [5.74, 6) is 10.3. The molecule has 1 aromatic rings. The Morgan fingerprint density at radius 1 is 0.846 bits per heavy atom. The molecule has 0 heterocycles. The summed E-state index contributed by atoms with van der Waals surface area (Å²) < 4.78 is 0. The van der Waals surface area contributed by atoms with E-state index in [1.54, 1.807) is 0 Å². The average Bonchev–Trinajstić information content (AvgIpc) is 2.72. The van der Waals surface area contributed by atoms with Crippen LogP contribution in [0.5, 0.6) is 0 Å². The first-order valence-corrected chi connectivity index (χ1v) is 11.1. The monoisotopic (exact) mass is 348 g/mol. The highest BCUT2D eigenvalue weighted by atomic mass is 14.3. The number of allylic oxidation sites excluding steroid dienone is 2. The van der Waals surface area contributed by atoms with E-state index in [4.69, 9.17) is 0 Å². The number of benzene rings is 1. The summed E-state index contributed by atoms with van der Waals surface area (Å²) in [5, 5.41) is 0. The number of hydrogen-bond acceptors (Lipinski definition) is 0. The van der Waals surface area contributed by atoms with Gasteiger partial charge in [0, 0.05) is 5.56 Å². The van der Waals surface area contributed by atoms with Crippen molar-refractivity contribution in [1.82, 2.24) is 0 Å². The van der Waals surface area contributed by atoms with Crippen LogP contribution in [0, 0.1) is 35.5 Å². The molecule has 3 rings (SSSR count). The third-order valence-electron chi connectivity index (χ3n) is 6.98. The van der Waals surface area contributed by atoms with Crippen LogP contribution in [0.1, 0.15) is 82.8 Å². The SMILES string of the molecule is CCc1ccc(C#C/C=C/C2CCC([C@H]3CC[C@H](CC)CC3)CC2)cc1. The highest BCUT2D eigenvalue weighted by Crippen LogP contribution is 2.42. The Kier molecular flexibility index (Phi) is 7.43. The molecule has 0 atom stereocenters. The quantitative estimate of drug-likeness (QED) is 0.505. The average molecular weight is 349 g/mol. The van der Waals surface area contributed by atoms with Gasteiger partial charge in [-0.05, 0) is 92.4 Å². The van der Waals surface area contributed by atoms with Crippen LogP contribution in [0.3, 0.4) is 0 Å². The van der Waals surface area contributed by atoms with E-state index in [9.17, 15) is 0 Å². The largest absolute Gasteiger partial charge is 0.0730 e. The Balaban J connectivity index is 1.41. The molecule has 1 aromatic carbocycles. The molecule has 0 unspecified atom stereocenters. The summed E-state index contributed by atoms with van der Waals surface area (Å²) in [7, 11) is 0. The predicted molar refractivity (Wildman–Crippen MR) is 113 cm³/mol. The van der Waals surface area contributed by atoms with E-state index >= 15 is 0 Å². The van der Waals surface area contributed by atoms with Gasteiger partial charge in [-0.1, -0.05) is 63.2 Å². The Bertz CT molecular complexity index is 608. The third-order valence-corrected chi connectivity index (χ3v) is 6.98. The van der Waals surface area contributed by atoms with Gasteiger partial charge in [-0.3, -0.25) is 0 Å². The van der Waals surface area contributed by atoms with Crippen LogP contribution in [-0.4, -0.2) is 0 Å². The molecular weight excluding hydrogens is 312 g/mol. The standard InChI is InChI=1S/C26H36/c1-3-21-9-11-23(12-10-21)7-5-6-8-24-15-19-26(20-16-24)25-17-13-22(4-2)14-18-25/h6,8-12,22,24-26H,3-4,13-20H2,1-2H3/b8-6+/t22-,24?,25-,26?. The lowest BCUT2D eigenvalue weighted by atomic mass is 9.69. The molecule has 2 aliphatic rings. The van der Waals surface area contributed by atoms with Gasteiger partial charge in [0.25, 0.3) is 0 Å². The van der Waals surface area contributed by atoms with Crippen molar-refractivity contribution in [1.29, 1.82) is 0 Å². The fourth-order valence-corrected chi connectivity index (χ4v) is 5.01. The summed E-state index contributed by atoms with van der Waals surface area (Å²) >= 11 is 0. The number of rotatable bonds is 4. The zero-order chi connectivity index (χ0) is 18.2. The lowest BCUT2D eigenvalue weighted by Crippen LogP contribution is -2.25. The first-order valence-electron chi connectivity index (χ1n) is 11.1. The minimum Gasteiger partial charge on any atom is -0.0730 e. The van der Waals surface area contributed by atoms with Crippen LogP contribution in [0.15, 0.2) is 36.4 Å². The van der Waals surface area contributed by atoms with Crippen LogP contribution in [0.4, 0.5) is 0 Å². The van der Waals surface area contributed by atoms with E-state index in [-0.39, 0.29) is 0 Å². The van der Waals surface area contributed by atoms with E-state index in [1.165, 1.54) is 63.4 Å². The van der Waals surface area contributed by atoms with Gasteiger partial charge in [0.2, 0.25) is 0 Å². The number of hydrogen-bond donors (Lipinski definition) is 0. The molecule has 0 N–H and O–H groups in total. The molecule has 26 heavy (non-hydrogen) atoms. The molecule has 0 heteroatoms. The number of aryl methyl sites for hydroxylation is 1. The van der Waals surface area contributed by atoms with Crippen molar-refractivity contribution in [2.75, 3.05) is 0 Å². The normalized spacial score (nSPS) is 29.3. The van der Waals surface area contributed by atoms with Gasteiger partial charge < -0.3 is 0 Å². The zero-order valence-corrected chi connectivity index (χ0v) is 16.8. The molecule has 0 aliphatic heterocycles. The highest BCUT2D eigenvalue weighted by molar-refractivity contribution is 5.38. The highest BCUT2D eigenvalue weighted by Gasteiger charge is 2.29. The predicted octanol–water partition coefficient (Wildman–Crippen LogP) is 7.18. The van der Waals surface area contributed by atoms with Gasteiger partial charge in [0.1, 0.15) is 0 Å². The molecular formula is C26H36. The van der Waals surface area contributed by atoms with Crippen LogP contribution in [0.25, 0.3) is 0 Å². The van der Waals surface area contributed by atoms with Crippen molar-refractivity contribution in [3.63, 3.8) is 0 Å². The van der Waals surface area contributed by atoms with E-state index in [0.29, 0.717) is 0 Å². The molecule has 0 nitrogen and oxygen atoms in total. The van der Waals surface area contributed by atoms with Crippen molar-refractivity contribution >= 4 is 0 Å². The Labute approximate surface area is 161 Å². The Hall–Kier alpha value is -1.48. The van der Waals surface area contributed by atoms with E-state index < -0.39 is 0 Å². The second kappa shape index (κ2) is 10.0. The van der Waals surface area contributed by atoms with Crippen molar-refractivity contribution in [3.05, 3.63) is 47.5 Å². The van der Waals surface area contributed by atoms with Crippen LogP contribution in [-0.2, 0) is 6.42 Å². The van der Waals surface area contributed by atoms with E-state index in [1.807, 2.05) is 0 Å². The smallest absolute Gasteiger partial charge is 0.0249 e. The molecule has 0 radical (unpaired) electrons. The van der Waals surface area contributed by atoms with Gasteiger partial charge in [-0.25, -0.2) is 0 Å². The summed E-state index contributed by atoms with van der Waals surface area (Å²) in [6.07, 6.45) is 18.6. The van der Waals surface area contributed by atoms with Gasteiger partial charge >= 0.3 is 0 Å². The zero-order valence-electron chi connectivity index (χ0n) is 16.8. The van der Waals surface area contributed by atoms with E-state index in [2.05, 4.69) is 62.1 Å². The van der Waals surface area contributed by atoms with Crippen molar-refractivity contribution in [2.24, 2.45) is 23.7 Å². The molecule has 0 saturated heterocycles. The maximum atomic E-state index is 3.27. The molecule has 2 aliphatic carbocycles. The fraction of sp³-hybridized carbons (Fsp3) is 0.615. The topological polar surface area (TPSA) is 0 Å². The van der Waals surface area contributed by atoms with Crippen molar-refractivity contribution < 1.29 is 0 Å². The Morgan fingerprint density at radius 2 is 1.46 bits per heavy atom. The molecule has 0 bridgehead atoms. The second-order valence-corrected chi connectivity index (χ2v) is 8.54. The first kappa shape index (κ1) is 19.3. The minimum absolute atomic E-state index is 0.759.